The molecule has 0 spiro atoms. The molecule has 0 aromatic carbocycles. The van der Waals surface area contributed by atoms with Gasteiger partial charge in [0.15, 0.2) is 0 Å². The first kappa shape index (κ1) is 13.6. The van der Waals surface area contributed by atoms with Crippen molar-refractivity contribution in [2.45, 2.75) is 63.8 Å². The fourth-order valence-corrected chi connectivity index (χ4v) is 4.63. The molecule has 0 radical (unpaired) electrons. The predicted octanol–water partition coefficient (Wildman–Crippen LogP) is 4.80. The number of rotatable bonds is 6. The maximum absolute atomic E-state index is 3.77. The summed E-state index contributed by atoms with van der Waals surface area (Å²) in [5.41, 5.74) is 0. The highest BCUT2D eigenvalue weighted by Crippen LogP contribution is 2.43. The Morgan fingerprint density at radius 3 is 2.84 bits per heavy atom. The second kappa shape index (κ2) is 6.41. The van der Waals surface area contributed by atoms with E-state index in [0.29, 0.717) is 0 Å². The van der Waals surface area contributed by atoms with Gasteiger partial charge in [-0.15, -0.1) is 11.3 Å². The van der Waals surface area contributed by atoms with Crippen molar-refractivity contribution < 1.29 is 0 Å². The lowest BCUT2D eigenvalue weighted by molar-refractivity contribution is 0.222. The number of nitrogens with one attached hydrogen (secondary N) is 1. The van der Waals surface area contributed by atoms with Crippen molar-refractivity contribution >= 4 is 11.3 Å². The molecule has 2 heteroatoms. The third kappa shape index (κ3) is 3.61. The molecule has 106 valence electrons. The summed E-state index contributed by atoms with van der Waals surface area (Å²) in [4.78, 5) is 1.64. The maximum Gasteiger partial charge on any atom is 0.00795 e. The standard InChI is InChI=1S/C17H27NS/c1-2-4-13-6-7-14(12-18-15-8-9-15)16(11-13)17-5-3-10-19-17/h3,5,10,13-16,18H,2,4,6-9,11-12H2,1H3. The molecule has 2 saturated carbocycles. The first-order valence-corrected chi connectivity index (χ1v) is 9.01. The summed E-state index contributed by atoms with van der Waals surface area (Å²) in [5.74, 6) is 2.69. The Bertz CT molecular complexity index is 369. The second-order valence-corrected chi connectivity index (χ2v) is 7.51. The molecule has 0 aliphatic heterocycles. The van der Waals surface area contributed by atoms with E-state index in [9.17, 15) is 0 Å². The molecule has 1 N–H and O–H groups in total. The van der Waals surface area contributed by atoms with Gasteiger partial charge in [0.05, 0.1) is 0 Å². The zero-order chi connectivity index (χ0) is 13.1. The normalized spacial score (nSPS) is 31.5. The average Bonchev–Trinajstić information content (AvgIpc) is 3.10. The minimum absolute atomic E-state index is 0.830. The van der Waals surface area contributed by atoms with E-state index in [-0.39, 0.29) is 0 Å². The smallest absolute Gasteiger partial charge is 0.00795 e. The molecule has 2 fully saturated rings. The molecule has 0 bridgehead atoms. The van der Waals surface area contributed by atoms with Gasteiger partial charge >= 0.3 is 0 Å². The van der Waals surface area contributed by atoms with E-state index >= 15 is 0 Å². The largest absolute Gasteiger partial charge is 0.314 e. The van der Waals surface area contributed by atoms with Gasteiger partial charge in [-0.1, -0.05) is 32.3 Å². The number of hydrogen-bond acceptors (Lipinski definition) is 2. The Hall–Kier alpha value is -0.340. The molecule has 3 rings (SSSR count). The molecule has 0 amide bonds. The van der Waals surface area contributed by atoms with Crippen LogP contribution in [-0.4, -0.2) is 12.6 Å². The third-order valence-electron chi connectivity index (χ3n) is 4.95. The minimum Gasteiger partial charge on any atom is -0.314 e. The van der Waals surface area contributed by atoms with Crippen molar-refractivity contribution in [3.05, 3.63) is 22.4 Å². The van der Waals surface area contributed by atoms with Crippen LogP contribution in [0.4, 0.5) is 0 Å². The monoisotopic (exact) mass is 277 g/mol. The number of hydrogen-bond donors (Lipinski definition) is 1. The predicted molar refractivity (Wildman–Crippen MR) is 83.8 cm³/mol. The van der Waals surface area contributed by atoms with Crippen molar-refractivity contribution in [1.82, 2.24) is 5.32 Å². The summed E-state index contributed by atoms with van der Waals surface area (Å²) >= 11 is 1.98. The summed E-state index contributed by atoms with van der Waals surface area (Å²) < 4.78 is 0. The van der Waals surface area contributed by atoms with Crippen molar-refractivity contribution in [3.8, 4) is 0 Å². The van der Waals surface area contributed by atoms with Crippen LogP contribution in [0.3, 0.4) is 0 Å². The van der Waals surface area contributed by atoms with Gasteiger partial charge in [0.2, 0.25) is 0 Å². The Balaban J connectivity index is 1.63. The van der Waals surface area contributed by atoms with E-state index in [1.807, 2.05) is 11.3 Å². The molecule has 1 nitrogen and oxygen atoms in total. The molecule has 3 unspecified atom stereocenters. The van der Waals surface area contributed by atoms with Gasteiger partial charge in [0, 0.05) is 10.9 Å². The van der Waals surface area contributed by atoms with E-state index < -0.39 is 0 Å². The van der Waals surface area contributed by atoms with Crippen LogP contribution in [0, 0.1) is 11.8 Å². The van der Waals surface area contributed by atoms with E-state index in [1.165, 1.54) is 51.5 Å². The summed E-state index contributed by atoms with van der Waals surface area (Å²) in [6.07, 6.45) is 9.95. The Kier molecular flexibility index (Phi) is 4.60. The molecule has 19 heavy (non-hydrogen) atoms. The highest BCUT2D eigenvalue weighted by atomic mass is 32.1. The van der Waals surface area contributed by atoms with Crippen LogP contribution in [0.5, 0.6) is 0 Å². The molecule has 1 aromatic heterocycles. The summed E-state index contributed by atoms with van der Waals surface area (Å²) in [5, 5.41) is 6.02. The summed E-state index contributed by atoms with van der Waals surface area (Å²) in [6, 6.07) is 5.46. The lowest BCUT2D eigenvalue weighted by Gasteiger charge is -2.36. The van der Waals surface area contributed by atoms with Crippen molar-refractivity contribution in [2.24, 2.45) is 11.8 Å². The lowest BCUT2D eigenvalue weighted by atomic mass is 9.72. The van der Waals surface area contributed by atoms with Gasteiger partial charge in [0.25, 0.3) is 0 Å². The molecule has 2 aliphatic carbocycles. The molecule has 3 atom stereocenters. The first-order valence-electron chi connectivity index (χ1n) is 8.13. The van der Waals surface area contributed by atoms with Crippen molar-refractivity contribution in [3.63, 3.8) is 0 Å². The van der Waals surface area contributed by atoms with Gasteiger partial charge in [-0.25, -0.2) is 0 Å². The Morgan fingerprint density at radius 1 is 1.26 bits per heavy atom. The van der Waals surface area contributed by atoms with Crippen molar-refractivity contribution in [2.75, 3.05) is 6.54 Å². The van der Waals surface area contributed by atoms with Crippen LogP contribution in [0.15, 0.2) is 17.5 Å². The fraction of sp³-hybridized carbons (Fsp3) is 0.765. The molecule has 2 aliphatic rings. The Labute approximate surface area is 121 Å². The average molecular weight is 277 g/mol. The summed E-state index contributed by atoms with van der Waals surface area (Å²) in [6.45, 7) is 3.59. The SMILES string of the molecule is CCCC1CCC(CNC2CC2)C(c2cccs2)C1. The van der Waals surface area contributed by atoms with E-state index in [4.69, 9.17) is 0 Å². The molecule has 1 aromatic rings. The van der Waals surface area contributed by atoms with Crippen LogP contribution in [0.2, 0.25) is 0 Å². The lowest BCUT2D eigenvalue weighted by Crippen LogP contribution is -2.32. The molecule has 1 heterocycles. The minimum atomic E-state index is 0.830. The molecular weight excluding hydrogens is 250 g/mol. The van der Waals surface area contributed by atoms with Gasteiger partial charge in [-0.2, -0.15) is 0 Å². The topological polar surface area (TPSA) is 12.0 Å². The van der Waals surface area contributed by atoms with Gasteiger partial charge in [-0.3, -0.25) is 0 Å². The Morgan fingerprint density at radius 2 is 2.16 bits per heavy atom. The van der Waals surface area contributed by atoms with Crippen LogP contribution in [0.1, 0.15) is 62.7 Å². The third-order valence-corrected chi connectivity index (χ3v) is 5.96. The van der Waals surface area contributed by atoms with E-state index in [2.05, 4.69) is 29.8 Å². The maximum atomic E-state index is 3.77. The highest BCUT2D eigenvalue weighted by Gasteiger charge is 2.32. The van der Waals surface area contributed by atoms with E-state index in [0.717, 1.165) is 23.8 Å². The molecular formula is C17H27NS. The van der Waals surface area contributed by atoms with Gasteiger partial charge < -0.3 is 5.32 Å². The quantitative estimate of drug-likeness (QED) is 0.787. The van der Waals surface area contributed by atoms with Gasteiger partial charge in [-0.05, 0) is 61.4 Å². The molecule has 0 saturated heterocycles. The van der Waals surface area contributed by atoms with E-state index in [1.54, 1.807) is 4.88 Å². The van der Waals surface area contributed by atoms with Crippen LogP contribution in [-0.2, 0) is 0 Å². The zero-order valence-corrected chi connectivity index (χ0v) is 12.9. The fourth-order valence-electron chi connectivity index (χ4n) is 3.69. The zero-order valence-electron chi connectivity index (χ0n) is 12.1. The van der Waals surface area contributed by atoms with Crippen molar-refractivity contribution in [1.29, 1.82) is 0 Å². The second-order valence-electron chi connectivity index (χ2n) is 6.53. The number of thiophene rings is 1. The van der Waals surface area contributed by atoms with Crippen LogP contribution >= 0.6 is 11.3 Å². The van der Waals surface area contributed by atoms with Crippen LogP contribution in [0.25, 0.3) is 0 Å². The first-order chi connectivity index (χ1) is 9.36. The summed E-state index contributed by atoms with van der Waals surface area (Å²) in [7, 11) is 0. The van der Waals surface area contributed by atoms with Crippen LogP contribution < -0.4 is 5.32 Å². The highest BCUT2D eigenvalue weighted by molar-refractivity contribution is 7.10. The van der Waals surface area contributed by atoms with Gasteiger partial charge in [0.1, 0.15) is 0 Å².